The van der Waals surface area contributed by atoms with Gasteiger partial charge in [0.2, 0.25) is 17.7 Å². The van der Waals surface area contributed by atoms with Crippen molar-refractivity contribution in [3.05, 3.63) is 48.5 Å². The van der Waals surface area contributed by atoms with E-state index in [0.29, 0.717) is 17.8 Å². The van der Waals surface area contributed by atoms with Crippen LogP contribution in [0.5, 0.6) is 0 Å². The summed E-state index contributed by atoms with van der Waals surface area (Å²) in [5.41, 5.74) is 2.99. The van der Waals surface area contributed by atoms with Crippen molar-refractivity contribution in [2.24, 2.45) is 0 Å². The molecular formula is C21H22N4O3. The highest BCUT2D eigenvalue weighted by Gasteiger charge is 2.29. The molecule has 0 aromatic heterocycles. The first kappa shape index (κ1) is 18.0. The van der Waals surface area contributed by atoms with Crippen LogP contribution < -0.4 is 20.4 Å². The highest BCUT2D eigenvalue weighted by atomic mass is 16.2. The van der Waals surface area contributed by atoms with Gasteiger partial charge in [-0.1, -0.05) is 12.1 Å². The monoisotopic (exact) mass is 378 g/mol. The number of amides is 3. The Bertz CT molecular complexity index is 926. The van der Waals surface area contributed by atoms with Gasteiger partial charge < -0.3 is 15.5 Å². The molecule has 2 heterocycles. The van der Waals surface area contributed by atoms with Crippen molar-refractivity contribution >= 4 is 40.5 Å². The predicted molar refractivity (Wildman–Crippen MR) is 109 cm³/mol. The van der Waals surface area contributed by atoms with Crippen LogP contribution in [0.25, 0.3) is 0 Å². The Morgan fingerprint density at radius 3 is 2.57 bits per heavy atom. The van der Waals surface area contributed by atoms with Gasteiger partial charge in [0, 0.05) is 24.3 Å². The molecule has 2 N–H and O–H groups in total. The van der Waals surface area contributed by atoms with Gasteiger partial charge in [-0.25, -0.2) is 0 Å². The van der Waals surface area contributed by atoms with E-state index < -0.39 is 6.04 Å². The molecule has 1 fully saturated rings. The molecule has 7 heteroatoms. The maximum atomic E-state index is 13.0. The van der Waals surface area contributed by atoms with E-state index in [-0.39, 0.29) is 24.3 Å². The van der Waals surface area contributed by atoms with E-state index in [1.54, 1.807) is 17.9 Å². The number of hydrogen-bond acceptors (Lipinski definition) is 4. The number of carbonyl (C=O) groups is 3. The number of anilines is 4. The molecule has 0 aliphatic carbocycles. The van der Waals surface area contributed by atoms with Crippen LogP contribution >= 0.6 is 0 Å². The van der Waals surface area contributed by atoms with Gasteiger partial charge in [0.1, 0.15) is 12.6 Å². The van der Waals surface area contributed by atoms with Crippen LogP contribution in [0, 0.1) is 0 Å². The van der Waals surface area contributed by atoms with E-state index >= 15 is 0 Å². The summed E-state index contributed by atoms with van der Waals surface area (Å²) in [4.78, 5) is 40.1. The van der Waals surface area contributed by atoms with Gasteiger partial charge in [-0.05, 0) is 49.7 Å². The van der Waals surface area contributed by atoms with E-state index in [1.807, 2.05) is 42.5 Å². The summed E-state index contributed by atoms with van der Waals surface area (Å²) in [5, 5.41) is 5.97. The van der Waals surface area contributed by atoms with Crippen molar-refractivity contribution in [1.82, 2.24) is 0 Å². The second-order valence-corrected chi connectivity index (χ2v) is 7.05. The van der Waals surface area contributed by atoms with Crippen molar-refractivity contribution in [2.45, 2.75) is 25.8 Å². The summed E-state index contributed by atoms with van der Waals surface area (Å²) in [6.07, 6.45) is 1.48. The van der Waals surface area contributed by atoms with Crippen LogP contribution in [0.1, 0.15) is 19.8 Å². The number of carbonyl (C=O) groups excluding carboxylic acids is 3. The molecule has 2 aromatic rings. The molecule has 0 radical (unpaired) electrons. The topological polar surface area (TPSA) is 81.8 Å². The second kappa shape index (κ2) is 7.34. The minimum Gasteiger partial charge on any atom is -0.374 e. The fourth-order valence-corrected chi connectivity index (χ4v) is 3.63. The lowest BCUT2D eigenvalue weighted by molar-refractivity contribution is -0.122. The SMILES string of the molecule is C[C@@H](Nc1ccc(N2CCCC2=O)cc1)C(=O)N1CC(=O)Nc2ccccc21. The van der Waals surface area contributed by atoms with E-state index in [1.165, 1.54) is 4.90 Å². The Balaban J connectivity index is 1.46. The lowest BCUT2D eigenvalue weighted by atomic mass is 10.1. The van der Waals surface area contributed by atoms with E-state index in [0.717, 1.165) is 24.3 Å². The Kier molecular flexibility index (Phi) is 4.73. The summed E-state index contributed by atoms with van der Waals surface area (Å²) in [6, 6.07) is 14.2. The third-order valence-corrected chi connectivity index (χ3v) is 5.04. The highest BCUT2D eigenvalue weighted by Crippen LogP contribution is 2.30. The smallest absolute Gasteiger partial charge is 0.249 e. The molecule has 2 aromatic carbocycles. The molecule has 7 nitrogen and oxygen atoms in total. The first-order chi connectivity index (χ1) is 13.5. The summed E-state index contributed by atoms with van der Waals surface area (Å²) in [6.45, 7) is 2.52. The predicted octanol–water partition coefficient (Wildman–Crippen LogP) is 2.60. The lowest BCUT2D eigenvalue weighted by Gasteiger charge is -2.31. The molecule has 2 aliphatic heterocycles. The van der Waals surface area contributed by atoms with Crippen LogP contribution in [0.15, 0.2) is 48.5 Å². The Labute approximate surface area is 163 Å². The molecule has 0 spiro atoms. The van der Waals surface area contributed by atoms with Crippen LogP contribution in [0.4, 0.5) is 22.7 Å². The lowest BCUT2D eigenvalue weighted by Crippen LogP contribution is -2.47. The van der Waals surface area contributed by atoms with E-state index in [4.69, 9.17) is 0 Å². The largest absolute Gasteiger partial charge is 0.374 e. The summed E-state index contributed by atoms with van der Waals surface area (Å²) in [7, 11) is 0. The Hall–Kier alpha value is -3.35. The fraction of sp³-hybridized carbons (Fsp3) is 0.286. The highest BCUT2D eigenvalue weighted by molar-refractivity contribution is 6.11. The first-order valence-electron chi connectivity index (χ1n) is 9.40. The number of rotatable bonds is 4. The second-order valence-electron chi connectivity index (χ2n) is 7.05. The quantitative estimate of drug-likeness (QED) is 0.857. The van der Waals surface area contributed by atoms with E-state index in [2.05, 4.69) is 10.6 Å². The summed E-state index contributed by atoms with van der Waals surface area (Å²) in [5.74, 6) is -0.244. The van der Waals surface area contributed by atoms with Crippen LogP contribution in [0.3, 0.4) is 0 Å². The van der Waals surface area contributed by atoms with Crippen molar-refractivity contribution < 1.29 is 14.4 Å². The number of hydrogen-bond donors (Lipinski definition) is 2. The Morgan fingerprint density at radius 1 is 1.11 bits per heavy atom. The zero-order valence-electron chi connectivity index (χ0n) is 15.6. The van der Waals surface area contributed by atoms with E-state index in [9.17, 15) is 14.4 Å². The fourth-order valence-electron chi connectivity index (χ4n) is 3.63. The minimum absolute atomic E-state index is 0.00211. The van der Waals surface area contributed by atoms with Crippen molar-refractivity contribution in [3.8, 4) is 0 Å². The molecule has 28 heavy (non-hydrogen) atoms. The molecule has 4 rings (SSSR count). The molecule has 0 bridgehead atoms. The molecule has 1 atom stereocenters. The van der Waals surface area contributed by atoms with Gasteiger partial charge in [0.15, 0.2) is 0 Å². The molecule has 144 valence electrons. The van der Waals surface area contributed by atoms with Gasteiger partial charge >= 0.3 is 0 Å². The molecule has 1 saturated heterocycles. The zero-order valence-corrected chi connectivity index (χ0v) is 15.6. The Morgan fingerprint density at radius 2 is 1.86 bits per heavy atom. The molecule has 2 aliphatic rings. The van der Waals surface area contributed by atoms with Crippen molar-refractivity contribution in [3.63, 3.8) is 0 Å². The van der Waals surface area contributed by atoms with Gasteiger partial charge in [-0.2, -0.15) is 0 Å². The first-order valence-corrected chi connectivity index (χ1v) is 9.40. The van der Waals surface area contributed by atoms with Crippen molar-refractivity contribution in [1.29, 1.82) is 0 Å². The maximum absolute atomic E-state index is 13.0. The molecule has 0 unspecified atom stereocenters. The van der Waals surface area contributed by atoms with Gasteiger partial charge in [-0.15, -0.1) is 0 Å². The van der Waals surface area contributed by atoms with Crippen molar-refractivity contribution in [2.75, 3.05) is 33.5 Å². The third-order valence-electron chi connectivity index (χ3n) is 5.04. The molecular weight excluding hydrogens is 356 g/mol. The van der Waals surface area contributed by atoms with Gasteiger partial charge in [-0.3, -0.25) is 19.3 Å². The van der Waals surface area contributed by atoms with Gasteiger partial charge in [0.05, 0.1) is 11.4 Å². The normalized spacial score (nSPS) is 17.2. The number of para-hydroxylation sites is 2. The zero-order chi connectivity index (χ0) is 19.7. The maximum Gasteiger partial charge on any atom is 0.249 e. The average Bonchev–Trinajstić information content (AvgIpc) is 3.13. The van der Waals surface area contributed by atoms with Gasteiger partial charge in [0.25, 0.3) is 0 Å². The minimum atomic E-state index is -0.516. The number of nitrogens with one attached hydrogen (secondary N) is 2. The number of nitrogens with zero attached hydrogens (tertiary/aromatic N) is 2. The number of fused-ring (bicyclic) bond motifs is 1. The average molecular weight is 378 g/mol. The van der Waals surface area contributed by atoms with Crippen LogP contribution in [0.2, 0.25) is 0 Å². The standard InChI is InChI=1S/C21H22N4O3/c1-14(21(28)25-13-19(26)23-17-5-2-3-6-18(17)25)22-15-8-10-16(11-9-15)24-12-4-7-20(24)27/h2-3,5-6,8-11,14,22H,4,7,12-13H2,1H3,(H,23,26)/t14-/m1/s1. The summed E-state index contributed by atoms with van der Waals surface area (Å²) < 4.78 is 0. The third kappa shape index (κ3) is 3.43. The number of benzene rings is 2. The van der Waals surface area contributed by atoms with Crippen LogP contribution in [-0.4, -0.2) is 36.9 Å². The summed E-state index contributed by atoms with van der Waals surface area (Å²) >= 11 is 0. The molecule has 3 amide bonds. The van der Waals surface area contributed by atoms with Crippen LogP contribution in [-0.2, 0) is 14.4 Å². The molecule has 0 saturated carbocycles.